The highest BCUT2D eigenvalue weighted by atomic mass is 127. The summed E-state index contributed by atoms with van der Waals surface area (Å²) in [5.41, 5.74) is 1.14. The van der Waals surface area contributed by atoms with Crippen LogP contribution in [0, 0.1) is 0 Å². The van der Waals surface area contributed by atoms with Crippen molar-refractivity contribution < 1.29 is 4.74 Å². The standard InChI is InChI=1S/C21H31ClN6O.HI/c1-16(27-11-12-29-15-17(27)2)13-24-21(23-3)25-14-20(28-10-4-9-26-28)18-5-7-19(22)8-6-18;/h4-10,16-17,20H,11-15H2,1-3H3,(H2,23,24,25);1H. The van der Waals surface area contributed by atoms with E-state index >= 15 is 0 Å². The summed E-state index contributed by atoms with van der Waals surface area (Å²) in [6, 6.07) is 10.7. The van der Waals surface area contributed by atoms with Crippen LogP contribution in [0.15, 0.2) is 47.7 Å². The molecule has 1 aromatic heterocycles. The van der Waals surface area contributed by atoms with E-state index in [9.17, 15) is 0 Å². The molecular formula is C21H32ClIN6O. The van der Waals surface area contributed by atoms with Crippen molar-refractivity contribution in [2.24, 2.45) is 4.99 Å². The van der Waals surface area contributed by atoms with Crippen molar-refractivity contribution in [1.82, 2.24) is 25.3 Å². The van der Waals surface area contributed by atoms with Crippen LogP contribution in [0.4, 0.5) is 0 Å². The molecule has 1 fully saturated rings. The lowest BCUT2D eigenvalue weighted by molar-refractivity contribution is -0.0174. The Kier molecular flexibility index (Phi) is 10.4. The van der Waals surface area contributed by atoms with E-state index in [0.717, 1.165) is 42.8 Å². The van der Waals surface area contributed by atoms with Gasteiger partial charge in [0.25, 0.3) is 0 Å². The van der Waals surface area contributed by atoms with Crippen molar-refractivity contribution in [1.29, 1.82) is 0 Å². The van der Waals surface area contributed by atoms with E-state index in [1.165, 1.54) is 0 Å². The van der Waals surface area contributed by atoms with Crippen LogP contribution in [0.2, 0.25) is 5.02 Å². The molecule has 0 bridgehead atoms. The van der Waals surface area contributed by atoms with Gasteiger partial charge in [0.05, 0.1) is 19.3 Å². The third-order valence-corrected chi connectivity index (χ3v) is 5.59. The van der Waals surface area contributed by atoms with Gasteiger partial charge in [0.1, 0.15) is 0 Å². The first-order chi connectivity index (χ1) is 14.1. The lowest BCUT2D eigenvalue weighted by Crippen LogP contribution is -2.53. The van der Waals surface area contributed by atoms with Gasteiger partial charge in [0.15, 0.2) is 5.96 Å². The second kappa shape index (κ2) is 12.5. The quantitative estimate of drug-likeness (QED) is 0.318. The average molecular weight is 547 g/mol. The third-order valence-electron chi connectivity index (χ3n) is 5.34. The average Bonchev–Trinajstić information content (AvgIpc) is 3.26. The molecule has 7 nitrogen and oxygen atoms in total. The summed E-state index contributed by atoms with van der Waals surface area (Å²) in [5, 5.41) is 12.1. The number of guanidine groups is 1. The van der Waals surface area contributed by atoms with Crippen LogP contribution < -0.4 is 10.6 Å². The predicted octanol–water partition coefficient (Wildman–Crippen LogP) is 3.02. The Balaban J connectivity index is 0.00000320. The first-order valence-electron chi connectivity index (χ1n) is 10.1. The number of ether oxygens (including phenoxy) is 1. The maximum atomic E-state index is 6.06. The zero-order chi connectivity index (χ0) is 20.6. The number of nitrogens with one attached hydrogen (secondary N) is 2. The van der Waals surface area contributed by atoms with Crippen LogP contribution in [-0.4, -0.2) is 72.6 Å². The summed E-state index contributed by atoms with van der Waals surface area (Å²) in [5.74, 6) is 0.781. The molecule has 0 aliphatic carbocycles. The van der Waals surface area contributed by atoms with Gasteiger partial charge >= 0.3 is 0 Å². The Morgan fingerprint density at radius 3 is 2.67 bits per heavy atom. The predicted molar refractivity (Wildman–Crippen MR) is 133 cm³/mol. The molecule has 2 N–H and O–H groups in total. The van der Waals surface area contributed by atoms with Crippen molar-refractivity contribution in [3.05, 3.63) is 53.3 Å². The Morgan fingerprint density at radius 2 is 2.03 bits per heavy atom. The minimum atomic E-state index is 0. The lowest BCUT2D eigenvalue weighted by atomic mass is 10.1. The zero-order valence-electron chi connectivity index (χ0n) is 17.8. The number of morpholine rings is 1. The van der Waals surface area contributed by atoms with E-state index in [4.69, 9.17) is 16.3 Å². The Bertz CT molecular complexity index is 770. The molecule has 2 aromatic rings. The summed E-state index contributed by atoms with van der Waals surface area (Å²) in [4.78, 5) is 6.86. The Labute approximate surface area is 201 Å². The lowest BCUT2D eigenvalue weighted by Gasteiger charge is -2.38. The molecule has 30 heavy (non-hydrogen) atoms. The summed E-state index contributed by atoms with van der Waals surface area (Å²) in [6.45, 7) is 8.49. The van der Waals surface area contributed by atoms with Crippen molar-refractivity contribution in [3.63, 3.8) is 0 Å². The van der Waals surface area contributed by atoms with Crippen LogP contribution >= 0.6 is 35.6 Å². The van der Waals surface area contributed by atoms with E-state index in [1.54, 1.807) is 13.2 Å². The fraction of sp³-hybridized carbons (Fsp3) is 0.524. The summed E-state index contributed by atoms with van der Waals surface area (Å²) in [7, 11) is 1.79. The Hall–Kier alpha value is -1.36. The van der Waals surface area contributed by atoms with Gasteiger partial charge in [-0.15, -0.1) is 24.0 Å². The number of hydrogen-bond donors (Lipinski definition) is 2. The van der Waals surface area contributed by atoms with Gasteiger partial charge in [-0.25, -0.2) is 0 Å². The van der Waals surface area contributed by atoms with E-state index in [2.05, 4.69) is 39.5 Å². The highest BCUT2D eigenvalue weighted by Crippen LogP contribution is 2.19. The smallest absolute Gasteiger partial charge is 0.191 e. The first kappa shape index (κ1) is 24.9. The van der Waals surface area contributed by atoms with Crippen LogP contribution in [0.5, 0.6) is 0 Å². The molecule has 2 heterocycles. The van der Waals surface area contributed by atoms with E-state index < -0.39 is 0 Å². The molecule has 1 saturated heterocycles. The van der Waals surface area contributed by atoms with Crippen molar-refractivity contribution in [2.45, 2.75) is 32.0 Å². The number of aromatic nitrogens is 2. The second-order valence-corrected chi connectivity index (χ2v) is 7.83. The molecule has 0 amide bonds. The van der Waals surface area contributed by atoms with Crippen LogP contribution in [-0.2, 0) is 4.74 Å². The summed E-state index contributed by atoms with van der Waals surface area (Å²) in [6.07, 6.45) is 3.76. The first-order valence-corrected chi connectivity index (χ1v) is 10.5. The van der Waals surface area contributed by atoms with Crippen LogP contribution in [0.1, 0.15) is 25.5 Å². The SMILES string of the molecule is CN=C(NCC(C)N1CCOCC1C)NCC(c1ccc(Cl)cc1)n1cccn1.I. The molecule has 1 aromatic carbocycles. The van der Waals surface area contributed by atoms with Gasteiger partial charge in [-0.2, -0.15) is 5.10 Å². The zero-order valence-corrected chi connectivity index (χ0v) is 20.9. The number of hydrogen-bond acceptors (Lipinski definition) is 4. The maximum Gasteiger partial charge on any atom is 0.191 e. The van der Waals surface area contributed by atoms with Gasteiger partial charge in [-0.3, -0.25) is 14.6 Å². The van der Waals surface area contributed by atoms with Crippen LogP contribution in [0.25, 0.3) is 0 Å². The fourth-order valence-electron chi connectivity index (χ4n) is 3.68. The van der Waals surface area contributed by atoms with Gasteiger partial charge in [-0.1, -0.05) is 23.7 Å². The summed E-state index contributed by atoms with van der Waals surface area (Å²) >= 11 is 6.06. The second-order valence-electron chi connectivity index (χ2n) is 7.40. The largest absolute Gasteiger partial charge is 0.379 e. The van der Waals surface area contributed by atoms with Gasteiger partial charge < -0.3 is 15.4 Å². The molecule has 1 aliphatic heterocycles. The maximum absolute atomic E-state index is 6.06. The van der Waals surface area contributed by atoms with Gasteiger partial charge in [0.2, 0.25) is 0 Å². The molecule has 3 atom stereocenters. The van der Waals surface area contributed by atoms with E-state index in [1.807, 2.05) is 41.2 Å². The number of rotatable bonds is 7. The molecule has 9 heteroatoms. The molecule has 3 rings (SSSR count). The molecule has 3 unspecified atom stereocenters. The number of benzene rings is 1. The normalized spacial score (nSPS) is 19.6. The molecule has 0 spiro atoms. The molecule has 0 radical (unpaired) electrons. The Morgan fingerprint density at radius 1 is 1.30 bits per heavy atom. The van der Waals surface area contributed by atoms with Crippen molar-refractivity contribution in [2.75, 3.05) is 39.9 Å². The fourth-order valence-corrected chi connectivity index (χ4v) is 3.81. The highest BCUT2D eigenvalue weighted by Gasteiger charge is 2.23. The molecule has 166 valence electrons. The van der Waals surface area contributed by atoms with E-state index in [-0.39, 0.29) is 30.0 Å². The van der Waals surface area contributed by atoms with Crippen molar-refractivity contribution in [3.8, 4) is 0 Å². The van der Waals surface area contributed by atoms with Gasteiger partial charge in [-0.05, 0) is 37.6 Å². The molecular weight excluding hydrogens is 515 g/mol. The topological polar surface area (TPSA) is 66.7 Å². The minimum Gasteiger partial charge on any atom is -0.379 e. The minimum absolute atomic E-state index is 0. The van der Waals surface area contributed by atoms with Crippen LogP contribution in [0.3, 0.4) is 0 Å². The van der Waals surface area contributed by atoms with Crippen molar-refractivity contribution >= 4 is 41.5 Å². The third kappa shape index (κ3) is 6.83. The number of nitrogens with zero attached hydrogens (tertiary/aromatic N) is 4. The van der Waals surface area contributed by atoms with Gasteiger partial charge in [0, 0.05) is 56.2 Å². The van der Waals surface area contributed by atoms with E-state index in [0.29, 0.717) is 18.6 Å². The monoisotopic (exact) mass is 546 g/mol. The summed E-state index contributed by atoms with van der Waals surface area (Å²) < 4.78 is 7.49. The number of halogens is 2. The highest BCUT2D eigenvalue weighted by molar-refractivity contribution is 14.0. The molecule has 1 aliphatic rings. The molecule has 0 saturated carbocycles. The number of aliphatic imine (C=N–C) groups is 1.